The average molecular weight is 507 g/mol. The number of rotatable bonds is 8. The molecule has 1 saturated carbocycles. The van der Waals surface area contributed by atoms with Gasteiger partial charge in [-0.25, -0.2) is 9.67 Å². The minimum atomic E-state index is -4.82. The van der Waals surface area contributed by atoms with Crippen LogP contribution in [0.3, 0.4) is 0 Å². The maximum atomic E-state index is 11.6. The fourth-order valence-electron chi connectivity index (χ4n) is 4.14. The zero-order valence-corrected chi connectivity index (χ0v) is 19.6. The number of pyridine rings is 1. The van der Waals surface area contributed by atoms with Crippen LogP contribution in [0.5, 0.6) is 0 Å². The quantitative estimate of drug-likeness (QED) is 0.222. The number of aliphatic hydroxyl groups is 3. The van der Waals surface area contributed by atoms with Gasteiger partial charge in [-0.2, -0.15) is 5.10 Å². The molecular weight excluding hydrogens is 479 g/mol. The van der Waals surface area contributed by atoms with Crippen molar-refractivity contribution in [3.05, 3.63) is 17.4 Å². The summed E-state index contributed by atoms with van der Waals surface area (Å²) in [5, 5.41) is 36.9. The number of hydrogen-bond donors (Lipinski definition) is 6. The highest BCUT2D eigenvalue weighted by atomic mass is 35.5. The van der Waals surface area contributed by atoms with Crippen molar-refractivity contribution >= 4 is 35.9 Å². The fraction of sp³-hybridized carbons (Fsp3) is 0.684. The van der Waals surface area contributed by atoms with E-state index in [0.717, 1.165) is 38.3 Å². The van der Waals surface area contributed by atoms with E-state index in [9.17, 15) is 29.7 Å². The van der Waals surface area contributed by atoms with Crippen molar-refractivity contribution in [2.75, 3.05) is 18.5 Å². The third-order valence-corrected chi connectivity index (χ3v) is 7.99. The maximum Gasteiger partial charge on any atom is 0.359 e. The first-order chi connectivity index (χ1) is 15.5. The molecule has 0 spiro atoms. The molecule has 5 atom stereocenters. The Kier molecular flexibility index (Phi) is 7.03. The zero-order chi connectivity index (χ0) is 24.0. The Morgan fingerprint density at radius 2 is 2.03 bits per heavy atom. The summed E-state index contributed by atoms with van der Waals surface area (Å²) >= 11 is 6.23. The highest BCUT2D eigenvalue weighted by Gasteiger charge is 2.48. The molecule has 1 saturated heterocycles. The lowest BCUT2D eigenvalue weighted by Gasteiger charge is -2.29. The second-order valence-electron chi connectivity index (χ2n) is 8.68. The molecule has 33 heavy (non-hydrogen) atoms. The molecule has 12 nitrogen and oxygen atoms in total. The fourth-order valence-corrected chi connectivity index (χ4v) is 4.75. The van der Waals surface area contributed by atoms with Crippen molar-refractivity contribution in [2.45, 2.75) is 68.5 Å². The second kappa shape index (κ2) is 9.37. The molecule has 184 valence electrons. The normalized spacial score (nSPS) is 28.5. The summed E-state index contributed by atoms with van der Waals surface area (Å²) < 4.78 is 23.9. The van der Waals surface area contributed by atoms with Gasteiger partial charge in [0.25, 0.3) is 0 Å². The van der Waals surface area contributed by atoms with E-state index < -0.39 is 50.7 Å². The Morgan fingerprint density at radius 3 is 2.67 bits per heavy atom. The highest BCUT2D eigenvalue weighted by Crippen LogP contribution is 2.51. The van der Waals surface area contributed by atoms with Gasteiger partial charge in [0.2, 0.25) is 0 Å². The van der Waals surface area contributed by atoms with Crippen LogP contribution in [0.1, 0.15) is 38.8 Å². The molecule has 1 aliphatic heterocycles. The molecule has 0 bridgehead atoms. The van der Waals surface area contributed by atoms with Crippen LogP contribution in [-0.4, -0.2) is 82.8 Å². The molecule has 0 amide bonds. The van der Waals surface area contributed by atoms with Crippen LogP contribution >= 0.6 is 19.2 Å². The summed E-state index contributed by atoms with van der Waals surface area (Å²) in [4.78, 5) is 23.2. The standard InChI is InChI=1S/C19H28ClN4O8P/c1-19(9-25,33(28,29)30)31-8-13-15(26)16(27)18(32-13)24-17-11(7-21-24)12(6-14(20)23-17)22-10-4-2-3-5-10/h6-7,10,13,15-16,18,25-27H,2-5,8-9H2,1H3,(H,22,23)(H2,28,29,30)/t13-,15-,16-,18-,19-/m1/s1. The Hall–Kier alpha value is -1.34. The Balaban J connectivity index is 1.56. The van der Waals surface area contributed by atoms with Crippen molar-refractivity contribution in [3.63, 3.8) is 0 Å². The molecule has 6 N–H and O–H groups in total. The summed E-state index contributed by atoms with van der Waals surface area (Å²) in [6.07, 6.45) is 0.820. The number of fused-ring (bicyclic) bond motifs is 1. The maximum absolute atomic E-state index is 11.6. The molecule has 0 unspecified atom stereocenters. The third kappa shape index (κ3) is 4.77. The van der Waals surface area contributed by atoms with Crippen LogP contribution in [0.15, 0.2) is 12.3 Å². The van der Waals surface area contributed by atoms with Gasteiger partial charge >= 0.3 is 7.60 Å². The van der Waals surface area contributed by atoms with E-state index in [1.807, 2.05) is 0 Å². The van der Waals surface area contributed by atoms with Crippen molar-refractivity contribution in [1.82, 2.24) is 14.8 Å². The molecule has 4 rings (SSSR count). The molecule has 14 heteroatoms. The minimum absolute atomic E-state index is 0.220. The lowest BCUT2D eigenvalue weighted by Crippen LogP contribution is -2.39. The number of anilines is 1. The first-order valence-corrected chi connectivity index (χ1v) is 12.7. The molecule has 2 aliphatic rings. The Bertz CT molecular complexity index is 1040. The van der Waals surface area contributed by atoms with Gasteiger partial charge in [0, 0.05) is 6.04 Å². The topological polar surface area (TPSA) is 179 Å². The van der Waals surface area contributed by atoms with Crippen LogP contribution in [0.25, 0.3) is 11.0 Å². The van der Waals surface area contributed by atoms with E-state index in [2.05, 4.69) is 15.4 Å². The molecule has 1 aliphatic carbocycles. The van der Waals surface area contributed by atoms with Gasteiger partial charge < -0.3 is 39.9 Å². The van der Waals surface area contributed by atoms with Crippen LogP contribution < -0.4 is 5.32 Å². The third-order valence-electron chi connectivity index (χ3n) is 6.30. The summed E-state index contributed by atoms with van der Waals surface area (Å²) in [7, 11) is -4.82. The smallest absolute Gasteiger partial charge is 0.359 e. The first-order valence-electron chi connectivity index (χ1n) is 10.7. The Labute approximate surface area is 194 Å². The second-order valence-corrected chi connectivity index (χ2v) is 11.1. The predicted octanol–water partition coefficient (Wildman–Crippen LogP) is 0.961. The van der Waals surface area contributed by atoms with Gasteiger partial charge in [-0.05, 0) is 25.8 Å². The van der Waals surface area contributed by atoms with E-state index in [1.165, 1.54) is 4.68 Å². The largest absolute Gasteiger partial charge is 0.393 e. The lowest BCUT2D eigenvalue weighted by molar-refractivity contribution is -0.104. The number of ether oxygens (including phenoxy) is 2. The number of hydrogen-bond acceptors (Lipinski definition) is 9. The number of nitrogens with zero attached hydrogens (tertiary/aromatic N) is 3. The molecule has 3 heterocycles. The first kappa shape index (κ1) is 24.8. The van der Waals surface area contributed by atoms with Crippen molar-refractivity contribution in [3.8, 4) is 0 Å². The van der Waals surface area contributed by atoms with Crippen LogP contribution in [0.2, 0.25) is 5.15 Å². The highest BCUT2D eigenvalue weighted by molar-refractivity contribution is 7.53. The van der Waals surface area contributed by atoms with Crippen molar-refractivity contribution in [1.29, 1.82) is 0 Å². The number of aliphatic hydroxyl groups excluding tert-OH is 3. The Morgan fingerprint density at radius 1 is 1.33 bits per heavy atom. The zero-order valence-electron chi connectivity index (χ0n) is 17.9. The van der Waals surface area contributed by atoms with Gasteiger partial charge in [-0.3, -0.25) is 4.57 Å². The molecule has 2 aromatic rings. The van der Waals surface area contributed by atoms with Crippen molar-refractivity contribution in [2.24, 2.45) is 0 Å². The van der Waals surface area contributed by atoms with Gasteiger partial charge in [0.1, 0.15) is 23.5 Å². The summed E-state index contributed by atoms with van der Waals surface area (Å²) in [5.41, 5.74) is 1.10. The average Bonchev–Trinajstić information content (AvgIpc) is 3.47. The molecular formula is C19H28ClN4O8P. The summed E-state index contributed by atoms with van der Waals surface area (Å²) in [6, 6.07) is 2.03. The number of halogens is 1. The van der Waals surface area contributed by atoms with Crippen molar-refractivity contribution < 1.29 is 39.1 Å². The van der Waals surface area contributed by atoms with E-state index in [1.54, 1.807) is 12.3 Å². The van der Waals surface area contributed by atoms with Gasteiger partial charge in [-0.15, -0.1) is 0 Å². The van der Waals surface area contributed by atoms with Crippen LogP contribution in [0, 0.1) is 0 Å². The van der Waals surface area contributed by atoms with Gasteiger partial charge in [0.05, 0.1) is 30.5 Å². The molecule has 2 fully saturated rings. The molecule has 2 aromatic heterocycles. The predicted molar refractivity (Wildman–Crippen MR) is 118 cm³/mol. The molecule has 0 aromatic carbocycles. The van der Waals surface area contributed by atoms with E-state index in [4.69, 9.17) is 21.1 Å². The molecule has 0 radical (unpaired) electrons. The van der Waals surface area contributed by atoms with Crippen LogP contribution in [-0.2, 0) is 14.0 Å². The van der Waals surface area contributed by atoms with E-state index in [-0.39, 0.29) is 5.15 Å². The van der Waals surface area contributed by atoms with Crippen LogP contribution in [0.4, 0.5) is 5.69 Å². The van der Waals surface area contributed by atoms with Gasteiger partial charge in [-0.1, -0.05) is 24.4 Å². The number of nitrogens with one attached hydrogen (secondary N) is 1. The summed E-state index contributed by atoms with van der Waals surface area (Å²) in [5.74, 6) is 0. The summed E-state index contributed by atoms with van der Waals surface area (Å²) in [6.45, 7) is -0.386. The minimum Gasteiger partial charge on any atom is -0.393 e. The van der Waals surface area contributed by atoms with Gasteiger partial charge in [0.15, 0.2) is 17.2 Å². The van der Waals surface area contributed by atoms with E-state index in [0.29, 0.717) is 17.1 Å². The number of aromatic nitrogens is 3. The lowest BCUT2D eigenvalue weighted by atomic mass is 10.1. The SMILES string of the molecule is C[C@@](CO)(OC[C@H]1O[C@@H](n2ncc3c(NC4CCCC4)cc(Cl)nc32)[C@H](O)[C@@H]1O)P(=O)(O)O. The van der Waals surface area contributed by atoms with E-state index >= 15 is 0 Å². The monoisotopic (exact) mass is 506 g/mol.